The monoisotopic (exact) mass is 295 g/mol. The molecule has 2 aliphatic rings. The molecule has 2 aliphatic heterocycles. The lowest BCUT2D eigenvalue weighted by atomic mass is 9.74. The van der Waals surface area contributed by atoms with Gasteiger partial charge in [0.2, 0.25) is 5.91 Å². The van der Waals surface area contributed by atoms with Gasteiger partial charge in [0.05, 0.1) is 6.04 Å². The van der Waals surface area contributed by atoms with Gasteiger partial charge < -0.3 is 10.6 Å². The third-order valence-electron chi connectivity index (χ3n) is 5.51. The Morgan fingerprint density at radius 1 is 1.29 bits per heavy atom. The standard InChI is InChI=1S/C17H33N3O/c1-4-15(5-2)19-16(21)14(3)20-11-7-9-17(13-20)8-6-10-18-12-17/h14-15,18H,4-13H2,1-3H3,(H,19,21). The van der Waals surface area contributed by atoms with Crippen LogP contribution in [0.15, 0.2) is 0 Å². The van der Waals surface area contributed by atoms with Crippen LogP contribution in [0.2, 0.25) is 0 Å². The van der Waals surface area contributed by atoms with Gasteiger partial charge in [-0.1, -0.05) is 13.8 Å². The molecule has 0 saturated carbocycles. The van der Waals surface area contributed by atoms with E-state index in [2.05, 4.69) is 36.3 Å². The Morgan fingerprint density at radius 2 is 2.00 bits per heavy atom. The summed E-state index contributed by atoms with van der Waals surface area (Å²) in [5.74, 6) is 0.213. The maximum absolute atomic E-state index is 12.5. The lowest BCUT2D eigenvalue weighted by Crippen LogP contribution is -2.56. The van der Waals surface area contributed by atoms with Gasteiger partial charge in [-0.15, -0.1) is 0 Å². The second-order valence-electron chi connectivity index (χ2n) is 7.05. The van der Waals surface area contributed by atoms with E-state index in [1.54, 1.807) is 0 Å². The second kappa shape index (κ2) is 7.59. The van der Waals surface area contributed by atoms with Crippen molar-refractivity contribution >= 4 is 5.91 Å². The summed E-state index contributed by atoms with van der Waals surface area (Å²) in [4.78, 5) is 14.9. The number of amides is 1. The van der Waals surface area contributed by atoms with E-state index < -0.39 is 0 Å². The molecule has 2 fully saturated rings. The third-order valence-corrected chi connectivity index (χ3v) is 5.51. The molecule has 2 N–H and O–H groups in total. The van der Waals surface area contributed by atoms with Gasteiger partial charge >= 0.3 is 0 Å². The Kier molecular flexibility index (Phi) is 6.06. The maximum atomic E-state index is 12.5. The molecule has 2 unspecified atom stereocenters. The Morgan fingerprint density at radius 3 is 2.62 bits per heavy atom. The van der Waals surface area contributed by atoms with Crippen LogP contribution in [0.5, 0.6) is 0 Å². The highest BCUT2D eigenvalue weighted by molar-refractivity contribution is 5.81. The molecule has 0 aromatic heterocycles. The largest absolute Gasteiger partial charge is 0.352 e. The zero-order valence-corrected chi connectivity index (χ0v) is 14.1. The molecule has 0 aromatic rings. The number of nitrogens with one attached hydrogen (secondary N) is 2. The zero-order chi connectivity index (χ0) is 15.3. The smallest absolute Gasteiger partial charge is 0.237 e. The fraction of sp³-hybridized carbons (Fsp3) is 0.941. The minimum atomic E-state index is 0.00435. The molecule has 4 heteroatoms. The predicted octanol–water partition coefficient (Wildman–Crippen LogP) is 2.15. The van der Waals surface area contributed by atoms with Crippen molar-refractivity contribution in [3.63, 3.8) is 0 Å². The van der Waals surface area contributed by atoms with Crippen molar-refractivity contribution in [3.8, 4) is 0 Å². The number of nitrogens with zero attached hydrogens (tertiary/aromatic N) is 1. The van der Waals surface area contributed by atoms with E-state index in [4.69, 9.17) is 0 Å². The summed E-state index contributed by atoms with van der Waals surface area (Å²) in [5, 5.41) is 6.77. The fourth-order valence-corrected chi connectivity index (χ4v) is 3.94. The van der Waals surface area contributed by atoms with Crippen molar-refractivity contribution in [2.24, 2.45) is 5.41 Å². The van der Waals surface area contributed by atoms with Gasteiger partial charge in [0, 0.05) is 19.1 Å². The molecule has 0 aromatic carbocycles. The second-order valence-corrected chi connectivity index (χ2v) is 7.05. The maximum Gasteiger partial charge on any atom is 0.237 e. The Bertz CT molecular complexity index is 329. The van der Waals surface area contributed by atoms with Crippen molar-refractivity contribution in [2.45, 2.75) is 71.4 Å². The molecule has 2 atom stereocenters. The fourth-order valence-electron chi connectivity index (χ4n) is 3.94. The van der Waals surface area contributed by atoms with Crippen molar-refractivity contribution in [2.75, 3.05) is 26.2 Å². The van der Waals surface area contributed by atoms with E-state index in [1.807, 2.05) is 0 Å². The molecule has 0 radical (unpaired) electrons. The minimum Gasteiger partial charge on any atom is -0.352 e. The van der Waals surface area contributed by atoms with Gasteiger partial charge in [0.25, 0.3) is 0 Å². The molecule has 122 valence electrons. The molecule has 2 heterocycles. The number of hydrogen-bond acceptors (Lipinski definition) is 3. The Balaban J connectivity index is 1.92. The molecule has 4 nitrogen and oxygen atoms in total. The highest BCUT2D eigenvalue weighted by Crippen LogP contribution is 2.36. The Labute approximate surface area is 130 Å². The van der Waals surface area contributed by atoms with Gasteiger partial charge in [0.15, 0.2) is 0 Å². The van der Waals surface area contributed by atoms with E-state index in [-0.39, 0.29) is 11.9 Å². The highest BCUT2D eigenvalue weighted by atomic mass is 16.2. The summed E-state index contributed by atoms with van der Waals surface area (Å²) in [6.07, 6.45) is 7.17. The van der Waals surface area contributed by atoms with Crippen molar-refractivity contribution in [1.29, 1.82) is 0 Å². The summed E-state index contributed by atoms with van der Waals surface area (Å²) in [6, 6.07) is 0.333. The number of carbonyl (C=O) groups excluding carboxylic acids is 1. The molecule has 2 rings (SSSR count). The Hall–Kier alpha value is -0.610. The summed E-state index contributed by atoms with van der Waals surface area (Å²) in [5.41, 5.74) is 0.417. The van der Waals surface area contributed by atoms with Gasteiger partial charge in [-0.05, 0) is 64.0 Å². The van der Waals surface area contributed by atoms with E-state index in [0.717, 1.165) is 39.0 Å². The molecule has 0 aliphatic carbocycles. The van der Waals surface area contributed by atoms with E-state index in [0.29, 0.717) is 11.5 Å². The SMILES string of the molecule is CCC(CC)NC(=O)C(C)N1CCCC2(CCCNC2)C1. The highest BCUT2D eigenvalue weighted by Gasteiger charge is 2.38. The number of carbonyl (C=O) groups is 1. The van der Waals surface area contributed by atoms with E-state index >= 15 is 0 Å². The van der Waals surface area contributed by atoms with Gasteiger partial charge in [-0.2, -0.15) is 0 Å². The van der Waals surface area contributed by atoms with E-state index in [9.17, 15) is 4.79 Å². The number of likely N-dealkylation sites (tertiary alicyclic amines) is 1. The van der Waals surface area contributed by atoms with Crippen LogP contribution >= 0.6 is 0 Å². The predicted molar refractivity (Wildman–Crippen MR) is 87.3 cm³/mol. The van der Waals surface area contributed by atoms with Crippen molar-refractivity contribution in [1.82, 2.24) is 15.5 Å². The third kappa shape index (κ3) is 4.19. The summed E-state index contributed by atoms with van der Waals surface area (Å²) in [7, 11) is 0. The summed E-state index contributed by atoms with van der Waals surface area (Å²) >= 11 is 0. The average molecular weight is 295 g/mol. The van der Waals surface area contributed by atoms with Crippen LogP contribution in [0.3, 0.4) is 0 Å². The van der Waals surface area contributed by atoms with Crippen LogP contribution in [-0.2, 0) is 4.79 Å². The first-order valence-electron chi connectivity index (χ1n) is 8.85. The number of hydrogen-bond donors (Lipinski definition) is 2. The molecule has 2 saturated heterocycles. The van der Waals surface area contributed by atoms with Gasteiger partial charge in [-0.25, -0.2) is 0 Å². The van der Waals surface area contributed by atoms with Crippen LogP contribution in [0.25, 0.3) is 0 Å². The first kappa shape index (κ1) is 16.8. The molecule has 1 spiro atoms. The molecular formula is C17H33N3O. The van der Waals surface area contributed by atoms with Crippen LogP contribution in [0.1, 0.15) is 59.3 Å². The lowest BCUT2D eigenvalue weighted by Gasteiger charge is -2.47. The summed E-state index contributed by atoms with van der Waals surface area (Å²) in [6.45, 7) is 10.8. The van der Waals surface area contributed by atoms with Crippen molar-refractivity contribution < 1.29 is 4.79 Å². The van der Waals surface area contributed by atoms with Crippen LogP contribution in [-0.4, -0.2) is 49.1 Å². The quantitative estimate of drug-likeness (QED) is 0.817. The summed E-state index contributed by atoms with van der Waals surface area (Å²) < 4.78 is 0. The normalized spacial score (nSPS) is 28.8. The molecule has 21 heavy (non-hydrogen) atoms. The number of rotatable bonds is 5. The van der Waals surface area contributed by atoms with Crippen LogP contribution in [0.4, 0.5) is 0 Å². The van der Waals surface area contributed by atoms with Crippen molar-refractivity contribution in [3.05, 3.63) is 0 Å². The average Bonchev–Trinajstić information content (AvgIpc) is 2.52. The van der Waals surface area contributed by atoms with E-state index in [1.165, 1.54) is 25.7 Å². The topological polar surface area (TPSA) is 44.4 Å². The van der Waals surface area contributed by atoms with Gasteiger partial charge in [-0.3, -0.25) is 9.69 Å². The first-order chi connectivity index (χ1) is 10.1. The lowest BCUT2D eigenvalue weighted by molar-refractivity contribution is -0.128. The molecular weight excluding hydrogens is 262 g/mol. The zero-order valence-electron chi connectivity index (χ0n) is 14.1. The van der Waals surface area contributed by atoms with Gasteiger partial charge in [0.1, 0.15) is 0 Å². The van der Waals surface area contributed by atoms with Crippen LogP contribution < -0.4 is 10.6 Å². The molecule has 0 bridgehead atoms. The number of piperidine rings is 2. The first-order valence-corrected chi connectivity index (χ1v) is 8.85. The minimum absolute atomic E-state index is 0.00435. The molecule has 1 amide bonds. The van der Waals surface area contributed by atoms with Crippen LogP contribution in [0, 0.1) is 5.41 Å².